The van der Waals surface area contributed by atoms with E-state index < -0.39 is 12.1 Å². The molecule has 0 aliphatic carbocycles. The van der Waals surface area contributed by atoms with Crippen molar-refractivity contribution in [3.05, 3.63) is 99.2 Å². The monoisotopic (exact) mass is 560 g/mol. The number of fused-ring (bicyclic) bond motifs is 1. The molecule has 4 rings (SSSR count). The number of rotatable bonds is 8. The topological polar surface area (TPSA) is 80.6 Å². The van der Waals surface area contributed by atoms with Gasteiger partial charge in [0.1, 0.15) is 5.75 Å². The first-order chi connectivity index (χ1) is 18.8. The maximum absolute atomic E-state index is 13.3. The van der Waals surface area contributed by atoms with E-state index in [4.69, 9.17) is 16.3 Å². The Morgan fingerprint density at radius 2 is 1.75 bits per heavy atom. The normalized spacial score (nSPS) is 13.2. The Morgan fingerprint density at radius 1 is 1.02 bits per heavy atom. The number of carboxylic acids is 1. The number of ether oxygens (including phenoxy) is 1. The van der Waals surface area contributed by atoms with Crippen LogP contribution in [0.5, 0.6) is 5.75 Å². The number of aliphatic carboxylic acids is 1. The van der Waals surface area contributed by atoms with Crippen LogP contribution in [0.15, 0.2) is 60.7 Å². The molecule has 0 bridgehead atoms. The second-order valence-corrected chi connectivity index (χ2v) is 11.9. The molecule has 7 heteroatoms. The Hall–Kier alpha value is -3.77. The van der Waals surface area contributed by atoms with Gasteiger partial charge in [0, 0.05) is 33.7 Å². The smallest absolute Gasteiger partial charge is 0.344 e. The van der Waals surface area contributed by atoms with Crippen LogP contribution < -0.4 is 10.1 Å². The highest BCUT2D eigenvalue weighted by Crippen LogP contribution is 2.31. The van der Waals surface area contributed by atoms with Crippen molar-refractivity contribution in [3.63, 3.8) is 0 Å². The van der Waals surface area contributed by atoms with Crippen molar-refractivity contribution in [1.82, 2.24) is 9.88 Å². The third-order valence-electron chi connectivity index (χ3n) is 7.51. The fourth-order valence-corrected chi connectivity index (χ4v) is 4.98. The molecule has 0 spiro atoms. The summed E-state index contributed by atoms with van der Waals surface area (Å²) in [6.45, 7) is 14.6. The molecule has 0 aliphatic heterocycles. The average molecular weight is 561 g/mol. The third-order valence-corrected chi connectivity index (χ3v) is 7.88. The lowest BCUT2D eigenvalue weighted by atomic mass is 9.85. The zero-order valence-corrected chi connectivity index (χ0v) is 24.9. The molecule has 1 aromatic heterocycles. The SMILES string of the molecule is Cc1c(C)n(Cc2cc(O[C@@H](C)C(=O)O)ccc2Cl)c2ccc(C(=O)N[C@@H](C)c3cccc(C(C)(C)C)c3)cc12. The van der Waals surface area contributed by atoms with E-state index in [0.717, 1.165) is 33.3 Å². The first kappa shape index (κ1) is 29.2. The molecule has 2 N–H and O–H groups in total. The minimum absolute atomic E-state index is 0.0305. The van der Waals surface area contributed by atoms with Gasteiger partial charge in [-0.25, -0.2) is 4.79 Å². The maximum Gasteiger partial charge on any atom is 0.344 e. The van der Waals surface area contributed by atoms with Crippen molar-refractivity contribution in [3.8, 4) is 5.75 Å². The molecule has 0 radical (unpaired) electrons. The molecule has 210 valence electrons. The second-order valence-electron chi connectivity index (χ2n) is 11.5. The number of aryl methyl sites for hydroxylation is 1. The quantitative estimate of drug-likeness (QED) is 0.232. The summed E-state index contributed by atoms with van der Waals surface area (Å²) in [4.78, 5) is 24.5. The van der Waals surface area contributed by atoms with E-state index in [0.29, 0.717) is 22.9 Å². The van der Waals surface area contributed by atoms with Crippen LogP contribution in [0.1, 0.15) is 79.0 Å². The molecule has 3 aromatic carbocycles. The van der Waals surface area contributed by atoms with E-state index in [1.807, 2.05) is 51.1 Å². The van der Waals surface area contributed by atoms with Gasteiger partial charge in [-0.15, -0.1) is 0 Å². The number of carboxylic acid groups (broad SMARTS) is 1. The number of nitrogens with one attached hydrogen (secondary N) is 1. The van der Waals surface area contributed by atoms with Gasteiger partial charge in [0.25, 0.3) is 5.91 Å². The van der Waals surface area contributed by atoms with Crippen molar-refractivity contribution < 1.29 is 19.4 Å². The van der Waals surface area contributed by atoms with E-state index in [1.165, 1.54) is 12.5 Å². The Labute approximate surface area is 240 Å². The molecule has 1 amide bonds. The number of amides is 1. The van der Waals surface area contributed by atoms with Crippen LogP contribution >= 0.6 is 11.6 Å². The van der Waals surface area contributed by atoms with Crippen LogP contribution in [-0.2, 0) is 16.8 Å². The van der Waals surface area contributed by atoms with Gasteiger partial charge >= 0.3 is 5.97 Å². The molecule has 0 saturated carbocycles. The highest BCUT2D eigenvalue weighted by Gasteiger charge is 2.19. The number of carbonyl (C=O) groups is 2. The molecular weight excluding hydrogens is 524 g/mol. The van der Waals surface area contributed by atoms with Gasteiger partial charge in [-0.05, 0) is 91.8 Å². The van der Waals surface area contributed by atoms with Crippen molar-refractivity contribution in [2.45, 2.75) is 72.6 Å². The van der Waals surface area contributed by atoms with E-state index in [-0.39, 0.29) is 17.4 Å². The maximum atomic E-state index is 13.3. The molecule has 2 atom stereocenters. The number of hydrogen-bond acceptors (Lipinski definition) is 3. The molecular formula is C33H37ClN2O4. The van der Waals surface area contributed by atoms with Gasteiger partial charge in [0.2, 0.25) is 0 Å². The molecule has 1 heterocycles. The summed E-state index contributed by atoms with van der Waals surface area (Å²) in [7, 11) is 0. The Bertz CT molecular complexity index is 1580. The molecule has 6 nitrogen and oxygen atoms in total. The molecule has 0 saturated heterocycles. The van der Waals surface area contributed by atoms with Crippen molar-refractivity contribution in [2.75, 3.05) is 0 Å². The lowest BCUT2D eigenvalue weighted by Crippen LogP contribution is -2.27. The van der Waals surface area contributed by atoms with Crippen molar-refractivity contribution in [2.24, 2.45) is 0 Å². The van der Waals surface area contributed by atoms with Gasteiger partial charge in [0.05, 0.1) is 6.04 Å². The number of carbonyl (C=O) groups excluding carboxylic acids is 1. The number of hydrogen-bond donors (Lipinski definition) is 2. The van der Waals surface area contributed by atoms with Crippen LogP contribution in [0.3, 0.4) is 0 Å². The molecule has 4 aromatic rings. The highest BCUT2D eigenvalue weighted by molar-refractivity contribution is 6.31. The molecule has 0 unspecified atom stereocenters. The van der Waals surface area contributed by atoms with Gasteiger partial charge in [-0.1, -0.05) is 56.6 Å². The minimum Gasteiger partial charge on any atom is -0.479 e. The number of nitrogens with zero attached hydrogens (tertiary/aromatic N) is 1. The summed E-state index contributed by atoms with van der Waals surface area (Å²) in [6, 6.07) is 19.2. The first-order valence-corrected chi connectivity index (χ1v) is 13.8. The standard InChI is InChI=1S/C33H37ClN2O4/c1-19-21(3)36(18-25-16-27(12-13-29(25)34)40-22(4)32(38)39)30-14-11-24(17-28(19)30)31(37)35-20(2)23-9-8-10-26(15-23)33(5,6)7/h8-17,20,22H,18H2,1-7H3,(H,35,37)(H,38,39)/t20-,22-/m0/s1. The molecule has 0 fully saturated rings. The summed E-state index contributed by atoms with van der Waals surface area (Å²) < 4.78 is 7.70. The summed E-state index contributed by atoms with van der Waals surface area (Å²) >= 11 is 6.52. The van der Waals surface area contributed by atoms with Crippen LogP contribution in [0.25, 0.3) is 10.9 Å². The number of benzene rings is 3. The zero-order chi connectivity index (χ0) is 29.4. The largest absolute Gasteiger partial charge is 0.479 e. The summed E-state index contributed by atoms with van der Waals surface area (Å²) in [5.41, 5.74) is 6.86. The van der Waals surface area contributed by atoms with Crippen LogP contribution in [-0.4, -0.2) is 27.7 Å². The van der Waals surface area contributed by atoms with Crippen molar-refractivity contribution >= 4 is 34.4 Å². The third kappa shape index (κ3) is 6.18. The number of aromatic nitrogens is 1. The average Bonchev–Trinajstić information content (AvgIpc) is 3.14. The van der Waals surface area contributed by atoms with Crippen molar-refractivity contribution in [1.29, 1.82) is 0 Å². The molecule has 0 aliphatic rings. The lowest BCUT2D eigenvalue weighted by Gasteiger charge is -2.22. The predicted molar refractivity (Wildman–Crippen MR) is 161 cm³/mol. The zero-order valence-electron chi connectivity index (χ0n) is 24.1. The Morgan fingerprint density at radius 3 is 2.42 bits per heavy atom. The summed E-state index contributed by atoms with van der Waals surface area (Å²) in [5.74, 6) is -0.714. The van der Waals surface area contributed by atoms with Crippen LogP contribution in [0, 0.1) is 13.8 Å². The van der Waals surface area contributed by atoms with Gasteiger partial charge in [0.15, 0.2) is 6.10 Å². The van der Waals surface area contributed by atoms with E-state index in [1.54, 1.807) is 18.2 Å². The highest BCUT2D eigenvalue weighted by atomic mass is 35.5. The van der Waals surface area contributed by atoms with Gasteiger partial charge in [-0.2, -0.15) is 0 Å². The summed E-state index contributed by atoms with van der Waals surface area (Å²) in [6.07, 6.45) is -0.972. The first-order valence-electron chi connectivity index (χ1n) is 13.4. The minimum atomic E-state index is -1.04. The van der Waals surface area contributed by atoms with Gasteiger partial charge < -0.3 is 19.7 Å². The lowest BCUT2D eigenvalue weighted by molar-refractivity contribution is -0.144. The predicted octanol–water partition coefficient (Wildman–Crippen LogP) is 7.60. The Kier molecular flexibility index (Phi) is 8.31. The fraction of sp³-hybridized carbons (Fsp3) is 0.333. The van der Waals surface area contributed by atoms with E-state index in [2.05, 4.69) is 42.8 Å². The summed E-state index contributed by atoms with van der Waals surface area (Å²) in [5, 5.41) is 13.9. The van der Waals surface area contributed by atoms with E-state index in [9.17, 15) is 14.7 Å². The second kappa shape index (κ2) is 11.4. The number of halogens is 1. The van der Waals surface area contributed by atoms with Crippen LogP contribution in [0.4, 0.5) is 0 Å². The fourth-order valence-electron chi connectivity index (χ4n) is 4.80. The van der Waals surface area contributed by atoms with Crippen LogP contribution in [0.2, 0.25) is 5.02 Å². The van der Waals surface area contributed by atoms with Gasteiger partial charge in [-0.3, -0.25) is 4.79 Å². The Balaban J connectivity index is 1.59. The van der Waals surface area contributed by atoms with E-state index >= 15 is 0 Å². The molecule has 40 heavy (non-hydrogen) atoms.